The lowest BCUT2D eigenvalue weighted by atomic mass is 10.0. The van der Waals surface area contributed by atoms with E-state index in [2.05, 4.69) is 4.98 Å². The van der Waals surface area contributed by atoms with Crippen LogP contribution < -0.4 is 0 Å². The topological polar surface area (TPSA) is 33.2 Å². The van der Waals surface area contributed by atoms with Gasteiger partial charge in [-0.1, -0.05) is 24.3 Å². The van der Waals surface area contributed by atoms with E-state index in [0.29, 0.717) is 22.8 Å². The van der Waals surface area contributed by atoms with E-state index in [-0.39, 0.29) is 24.2 Å². The van der Waals surface area contributed by atoms with Crippen molar-refractivity contribution in [3.8, 4) is 10.6 Å². The molecule has 4 rings (SSSR count). The second kappa shape index (κ2) is 8.18. The molecule has 3 aromatic rings. The van der Waals surface area contributed by atoms with E-state index in [1.807, 2.05) is 0 Å². The molecule has 156 valence electrons. The maximum atomic E-state index is 13.2. The van der Waals surface area contributed by atoms with Crippen molar-refractivity contribution in [2.45, 2.75) is 31.5 Å². The van der Waals surface area contributed by atoms with Crippen molar-refractivity contribution in [1.29, 1.82) is 0 Å². The summed E-state index contributed by atoms with van der Waals surface area (Å²) in [6, 6.07) is 11.0. The van der Waals surface area contributed by atoms with Crippen LogP contribution in [0.5, 0.6) is 0 Å². The molecule has 8 heteroatoms. The van der Waals surface area contributed by atoms with Gasteiger partial charge in [0.2, 0.25) is 5.91 Å². The summed E-state index contributed by atoms with van der Waals surface area (Å²) in [6.07, 6.45) is -2.56. The summed E-state index contributed by atoms with van der Waals surface area (Å²) in [4.78, 5) is 19.1. The zero-order chi connectivity index (χ0) is 21.3. The van der Waals surface area contributed by atoms with Crippen LogP contribution >= 0.6 is 11.3 Å². The van der Waals surface area contributed by atoms with Crippen molar-refractivity contribution < 1.29 is 22.4 Å². The molecule has 1 aliphatic rings. The number of thiazole rings is 1. The third kappa shape index (κ3) is 4.38. The third-order valence-corrected chi connectivity index (χ3v) is 6.11. The summed E-state index contributed by atoms with van der Waals surface area (Å²) in [7, 11) is 0. The van der Waals surface area contributed by atoms with Crippen molar-refractivity contribution >= 4 is 17.2 Å². The summed E-state index contributed by atoms with van der Waals surface area (Å²) in [5.74, 6) is -0.376. The molecule has 3 nitrogen and oxygen atoms in total. The molecule has 0 saturated carbocycles. The number of rotatable bonds is 4. The molecule has 1 saturated heterocycles. The molecule has 0 spiro atoms. The van der Waals surface area contributed by atoms with E-state index in [0.717, 1.165) is 30.5 Å². The Hall–Kier alpha value is -2.74. The summed E-state index contributed by atoms with van der Waals surface area (Å²) < 4.78 is 51.3. The summed E-state index contributed by atoms with van der Waals surface area (Å²) in [5.41, 5.74) is 1.37. The molecule has 1 aliphatic heterocycles. The van der Waals surface area contributed by atoms with Gasteiger partial charge in [0.15, 0.2) is 0 Å². The first-order chi connectivity index (χ1) is 14.3. The van der Waals surface area contributed by atoms with Crippen molar-refractivity contribution in [3.05, 3.63) is 76.5 Å². The largest absolute Gasteiger partial charge is 0.416 e. The first-order valence-corrected chi connectivity index (χ1v) is 10.4. The summed E-state index contributed by atoms with van der Waals surface area (Å²) in [5, 5.41) is 2.33. The molecule has 30 heavy (non-hydrogen) atoms. The standard InChI is InChI=1S/C22H18F4N2OS/c23-17-9-5-14(6-10-17)19-2-1-11-28(19)20(29)12-18-13-30-21(27-18)15-3-7-16(8-4-15)22(24,25)26/h3-10,13,19H,1-2,11-12H2. The van der Waals surface area contributed by atoms with Crippen molar-refractivity contribution in [1.82, 2.24) is 9.88 Å². The van der Waals surface area contributed by atoms with Crippen LogP contribution in [0.2, 0.25) is 0 Å². The van der Waals surface area contributed by atoms with E-state index in [1.165, 1.54) is 35.6 Å². The SMILES string of the molecule is O=C(Cc1csc(-c2ccc(C(F)(F)F)cc2)n1)N1CCCC1c1ccc(F)cc1. The van der Waals surface area contributed by atoms with Gasteiger partial charge in [0.25, 0.3) is 0 Å². The lowest BCUT2D eigenvalue weighted by Crippen LogP contribution is -2.31. The van der Waals surface area contributed by atoms with Gasteiger partial charge in [0.05, 0.1) is 23.7 Å². The van der Waals surface area contributed by atoms with E-state index in [9.17, 15) is 22.4 Å². The van der Waals surface area contributed by atoms with Gasteiger partial charge in [-0.05, 0) is 42.7 Å². The number of likely N-dealkylation sites (tertiary alicyclic amines) is 1. The maximum absolute atomic E-state index is 13.2. The number of carbonyl (C=O) groups is 1. The number of amides is 1. The molecule has 1 fully saturated rings. The van der Waals surface area contributed by atoms with Crippen molar-refractivity contribution in [3.63, 3.8) is 0 Å². The zero-order valence-electron chi connectivity index (χ0n) is 15.8. The molecule has 0 bridgehead atoms. The van der Waals surface area contributed by atoms with E-state index >= 15 is 0 Å². The number of hydrogen-bond acceptors (Lipinski definition) is 3. The molecule has 1 unspecified atom stereocenters. The predicted molar refractivity (Wildman–Crippen MR) is 106 cm³/mol. The monoisotopic (exact) mass is 434 g/mol. The number of carbonyl (C=O) groups excluding carboxylic acids is 1. The molecule has 2 aromatic carbocycles. The molecule has 0 radical (unpaired) electrons. The highest BCUT2D eigenvalue weighted by Crippen LogP contribution is 2.34. The lowest BCUT2D eigenvalue weighted by molar-refractivity contribution is -0.137. The van der Waals surface area contributed by atoms with Crippen molar-refractivity contribution in [2.75, 3.05) is 6.54 Å². The number of benzene rings is 2. The highest BCUT2D eigenvalue weighted by atomic mass is 32.1. The van der Waals surface area contributed by atoms with E-state index < -0.39 is 11.7 Å². The van der Waals surface area contributed by atoms with Gasteiger partial charge >= 0.3 is 6.18 Å². The Balaban J connectivity index is 1.45. The predicted octanol–water partition coefficient (Wildman–Crippen LogP) is 5.87. The first kappa shape index (κ1) is 20.5. The second-order valence-corrected chi connectivity index (χ2v) is 8.05. The fourth-order valence-corrected chi connectivity index (χ4v) is 4.50. The van der Waals surface area contributed by atoms with E-state index in [4.69, 9.17) is 0 Å². The summed E-state index contributed by atoms with van der Waals surface area (Å²) >= 11 is 1.29. The minimum Gasteiger partial charge on any atom is -0.335 e. The van der Waals surface area contributed by atoms with Crippen molar-refractivity contribution in [2.24, 2.45) is 0 Å². The normalized spacial score (nSPS) is 16.8. The van der Waals surface area contributed by atoms with Gasteiger partial charge in [-0.25, -0.2) is 9.37 Å². The Morgan fingerprint density at radius 2 is 1.80 bits per heavy atom. The molecule has 0 N–H and O–H groups in total. The number of hydrogen-bond donors (Lipinski definition) is 0. The van der Waals surface area contributed by atoms with Gasteiger partial charge in [0, 0.05) is 17.5 Å². The summed E-state index contributed by atoms with van der Waals surface area (Å²) in [6.45, 7) is 0.636. The van der Waals surface area contributed by atoms with Crippen LogP contribution in [0.15, 0.2) is 53.9 Å². The number of aromatic nitrogens is 1. The molecule has 1 atom stereocenters. The second-order valence-electron chi connectivity index (χ2n) is 7.19. The van der Waals surface area contributed by atoms with Gasteiger partial charge in [-0.15, -0.1) is 11.3 Å². The average Bonchev–Trinajstić information content (AvgIpc) is 3.38. The molecule has 1 aromatic heterocycles. The smallest absolute Gasteiger partial charge is 0.335 e. The van der Waals surface area contributed by atoms with E-state index in [1.54, 1.807) is 22.4 Å². The van der Waals surface area contributed by atoms with Crippen LogP contribution in [0.25, 0.3) is 10.6 Å². The quantitative estimate of drug-likeness (QED) is 0.481. The van der Waals surface area contributed by atoms with Crippen LogP contribution in [-0.2, 0) is 17.4 Å². The number of nitrogens with zero attached hydrogens (tertiary/aromatic N) is 2. The minimum atomic E-state index is -4.38. The van der Waals surface area contributed by atoms with Gasteiger partial charge in [-0.3, -0.25) is 4.79 Å². The minimum absolute atomic E-state index is 0.0638. The zero-order valence-corrected chi connectivity index (χ0v) is 16.6. The Morgan fingerprint density at radius 3 is 2.47 bits per heavy atom. The number of alkyl halides is 3. The van der Waals surface area contributed by atoms with Gasteiger partial charge in [-0.2, -0.15) is 13.2 Å². The molecule has 0 aliphatic carbocycles. The average molecular weight is 434 g/mol. The Kier molecular flexibility index (Phi) is 5.60. The first-order valence-electron chi connectivity index (χ1n) is 9.48. The Bertz CT molecular complexity index is 1030. The maximum Gasteiger partial charge on any atom is 0.416 e. The molecule has 1 amide bonds. The van der Waals surface area contributed by atoms with Crippen LogP contribution in [-0.4, -0.2) is 22.3 Å². The lowest BCUT2D eigenvalue weighted by Gasteiger charge is -2.25. The van der Waals surface area contributed by atoms with Crippen LogP contribution in [0.4, 0.5) is 17.6 Å². The highest BCUT2D eigenvalue weighted by Gasteiger charge is 2.31. The molecule has 2 heterocycles. The van der Waals surface area contributed by atoms with Gasteiger partial charge in [0.1, 0.15) is 10.8 Å². The fraction of sp³-hybridized carbons (Fsp3) is 0.273. The third-order valence-electron chi connectivity index (χ3n) is 5.17. The van der Waals surface area contributed by atoms with Gasteiger partial charge < -0.3 is 4.90 Å². The molecular formula is C22H18F4N2OS. The molecular weight excluding hydrogens is 416 g/mol. The Morgan fingerprint density at radius 1 is 1.10 bits per heavy atom. The van der Waals surface area contributed by atoms with Crippen LogP contribution in [0.3, 0.4) is 0 Å². The highest BCUT2D eigenvalue weighted by molar-refractivity contribution is 7.13. The van der Waals surface area contributed by atoms with Crippen LogP contribution in [0.1, 0.15) is 35.7 Å². The fourth-order valence-electron chi connectivity index (χ4n) is 3.68. The Labute approximate surface area is 175 Å². The number of halogens is 4. The van der Waals surface area contributed by atoms with Crippen LogP contribution in [0, 0.1) is 5.82 Å².